The number of phenols is 1. The Kier molecular flexibility index (Phi) is 9.39. The maximum Gasteiger partial charge on any atom is 0.305 e. The van der Waals surface area contributed by atoms with E-state index >= 15 is 0 Å². The number of nitrogens with zero attached hydrogens (tertiary/aromatic N) is 2. The zero-order valence-corrected chi connectivity index (χ0v) is 26.6. The van der Waals surface area contributed by atoms with Gasteiger partial charge in [0.2, 0.25) is 0 Å². The van der Waals surface area contributed by atoms with Crippen molar-refractivity contribution in [3.63, 3.8) is 0 Å². The molecule has 2 aromatic heterocycles. The molecule has 0 saturated carbocycles. The highest BCUT2D eigenvalue weighted by Crippen LogP contribution is 2.34. The molecule has 1 atom stereocenters. The van der Waals surface area contributed by atoms with E-state index in [0.29, 0.717) is 48.5 Å². The van der Waals surface area contributed by atoms with E-state index in [4.69, 9.17) is 9.47 Å². The number of benzene rings is 2. The molecule has 3 N–H and O–H groups in total. The molecule has 2 saturated heterocycles. The fraction of sp³-hybridized carbons (Fsp3) is 0.455. The zero-order chi connectivity index (χ0) is 30.7. The third-order valence-corrected chi connectivity index (χ3v) is 10.7. The summed E-state index contributed by atoms with van der Waals surface area (Å²) in [6.45, 7) is 7.23. The molecular formula is C33H39N3O6S2. The van der Waals surface area contributed by atoms with Gasteiger partial charge in [-0.2, -0.15) is 0 Å². The van der Waals surface area contributed by atoms with Crippen LogP contribution in [0.15, 0.2) is 53.3 Å². The number of aliphatic hydroxyl groups excluding tert-OH is 1. The molecule has 0 aliphatic carbocycles. The quantitative estimate of drug-likeness (QED) is 0.222. The van der Waals surface area contributed by atoms with E-state index < -0.39 is 6.10 Å². The molecule has 0 unspecified atom stereocenters. The van der Waals surface area contributed by atoms with Crippen molar-refractivity contribution >= 4 is 38.8 Å². The van der Waals surface area contributed by atoms with Gasteiger partial charge in [0.05, 0.1) is 34.4 Å². The summed E-state index contributed by atoms with van der Waals surface area (Å²) in [5, 5.41) is 20.7. The van der Waals surface area contributed by atoms with Crippen molar-refractivity contribution in [2.24, 2.45) is 0 Å². The maximum absolute atomic E-state index is 13.0. The number of amides is 1. The minimum absolute atomic E-state index is 0.0146. The molecule has 2 aromatic carbocycles. The number of aryl methyl sites for hydroxylation is 2. The summed E-state index contributed by atoms with van der Waals surface area (Å²) in [5.74, 6) is 0.975. The van der Waals surface area contributed by atoms with Crippen LogP contribution in [0.1, 0.15) is 57.5 Å². The smallest absolute Gasteiger partial charge is 0.305 e. The highest BCUT2D eigenvalue weighted by atomic mass is 32.1. The monoisotopic (exact) mass is 637 g/mol. The molecule has 44 heavy (non-hydrogen) atoms. The van der Waals surface area contributed by atoms with Crippen molar-refractivity contribution in [2.75, 3.05) is 45.9 Å². The van der Waals surface area contributed by atoms with Crippen molar-refractivity contribution in [1.29, 1.82) is 0 Å². The third kappa shape index (κ3) is 7.02. The first-order chi connectivity index (χ1) is 21.3. The molecule has 4 heterocycles. The number of aliphatic hydroxyl groups is 1. The lowest BCUT2D eigenvalue weighted by atomic mass is 9.89. The Bertz CT molecular complexity index is 1640. The average Bonchev–Trinajstić information content (AvgIpc) is 3.64. The van der Waals surface area contributed by atoms with Gasteiger partial charge in [0.1, 0.15) is 23.6 Å². The van der Waals surface area contributed by atoms with Crippen molar-refractivity contribution in [3.8, 4) is 11.5 Å². The Morgan fingerprint density at radius 2 is 1.89 bits per heavy atom. The molecule has 11 heteroatoms. The number of thiazole rings is 1. The molecule has 9 nitrogen and oxygen atoms in total. The number of hydrogen-bond acceptors (Lipinski definition) is 9. The summed E-state index contributed by atoms with van der Waals surface area (Å²) in [6.07, 6.45) is 3.26. The molecule has 2 aliphatic heterocycles. The first-order valence-corrected chi connectivity index (χ1v) is 16.9. The number of likely N-dealkylation sites (tertiary alicyclic amines) is 1. The molecule has 2 fully saturated rings. The number of hydrogen-bond donors (Lipinski definition) is 3. The molecule has 2 aliphatic rings. The first-order valence-electron chi connectivity index (χ1n) is 15.3. The number of aromatic nitrogens is 1. The van der Waals surface area contributed by atoms with E-state index in [1.165, 1.54) is 11.6 Å². The molecule has 0 bridgehead atoms. The van der Waals surface area contributed by atoms with Crippen LogP contribution in [0.4, 0.5) is 0 Å². The predicted molar refractivity (Wildman–Crippen MR) is 173 cm³/mol. The van der Waals surface area contributed by atoms with Crippen LogP contribution < -0.4 is 9.61 Å². The van der Waals surface area contributed by atoms with Gasteiger partial charge in [-0.05, 0) is 74.9 Å². The number of fused-ring (bicyclic) bond motifs is 1. The lowest BCUT2D eigenvalue weighted by molar-refractivity contribution is -0.127. The predicted octanol–water partition coefficient (Wildman–Crippen LogP) is 5.11. The molecule has 234 valence electrons. The topological polar surface area (TPSA) is 115 Å². The number of phenolic OH excluding ortho intramolecular Hbond substituents is 1. The van der Waals surface area contributed by atoms with Crippen molar-refractivity contribution in [3.05, 3.63) is 79.1 Å². The lowest BCUT2D eigenvalue weighted by Crippen LogP contribution is -2.58. The van der Waals surface area contributed by atoms with Crippen LogP contribution in [-0.2, 0) is 11.2 Å². The SMILES string of the molecule is Cc1ccc(C(=O)N2CCOC3(CCN(CCOc4ccc(CCC[C@H](O)c5ccc(O)c6[nH]c(=O)sc56)cc4)CC3)C2)s1. The Labute approximate surface area is 264 Å². The molecule has 4 aromatic rings. The number of morpholine rings is 1. The fourth-order valence-corrected chi connectivity index (χ4v) is 7.97. The second-order valence-electron chi connectivity index (χ2n) is 11.8. The van der Waals surface area contributed by atoms with Crippen LogP contribution in [0.5, 0.6) is 11.5 Å². The maximum atomic E-state index is 13.0. The number of nitrogens with one attached hydrogen (secondary N) is 1. The van der Waals surface area contributed by atoms with Crippen LogP contribution in [0.3, 0.4) is 0 Å². The van der Waals surface area contributed by atoms with Gasteiger partial charge >= 0.3 is 4.87 Å². The Hall–Kier alpha value is -3.22. The van der Waals surface area contributed by atoms with Crippen molar-refractivity contribution in [2.45, 2.75) is 50.7 Å². The van der Waals surface area contributed by atoms with Crippen LogP contribution >= 0.6 is 22.7 Å². The average molecular weight is 638 g/mol. The Morgan fingerprint density at radius 1 is 1.09 bits per heavy atom. The number of thiophene rings is 1. The number of carbonyl (C=O) groups is 1. The lowest BCUT2D eigenvalue weighted by Gasteiger charge is -2.47. The first kappa shape index (κ1) is 30.8. The second-order valence-corrected chi connectivity index (χ2v) is 14.1. The highest BCUT2D eigenvalue weighted by Gasteiger charge is 2.41. The van der Waals surface area contributed by atoms with E-state index in [0.717, 1.165) is 72.2 Å². The Morgan fingerprint density at radius 3 is 2.64 bits per heavy atom. The van der Waals surface area contributed by atoms with Gasteiger partial charge in [-0.3, -0.25) is 14.5 Å². The molecule has 1 spiro atoms. The molecular weight excluding hydrogens is 599 g/mol. The van der Waals surface area contributed by atoms with Crippen molar-refractivity contribution < 1.29 is 24.5 Å². The van der Waals surface area contributed by atoms with Crippen molar-refractivity contribution in [1.82, 2.24) is 14.8 Å². The summed E-state index contributed by atoms with van der Waals surface area (Å²) in [5.41, 5.74) is 1.98. The van der Waals surface area contributed by atoms with Gasteiger partial charge < -0.3 is 29.6 Å². The second kappa shape index (κ2) is 13.4. The van der Waals surface area contributed by atoms with Crippen LogP contribution in [0.25, 0.3) is 10.2 Å². The van der Waals surface area contributed by atoms with E-state index in [1.807, 2.05) is 36.1 Å². The fourth-order valence-electron chi connectivity index (χ4n) is 6.21. The van der Waals surface area contributed by atoms with Gasteiger partial charge in [-0.15, -0.1) is 11.3 Å². The minimum atomic E-state index is -0.710. The van der Waals surface area contributed by atoms with E-state index in [9.17, 15) is 19.8 Å². The van der Waals surface area contributed by atoms with Gasteiger partial charge in [0.25, 0.3) is 5.91 Å². The number of aromatic amines is 1. The minimum Gasteiger partial charge on any atom is -0.506 e. The number of ether oxygens (including phenoxy) is 2. The largest absolute Gasteiger partial charge is 0.506 e. The van der Waals surface area contributed by atoms with Gasteiger partial charge in [-0.1, -0.05) is 29.5 Å². The number of H-pyrrole nitrogens is 1. The third-order valence-electron chi connectivity index (χ3n) is 8.74. The van der Waals surface area contributed by atoms with Gasteiger partial charge in [-0.25, -0.2) is 0 Å². The normalized spacial score (nSPS) is 17.7. The summed E-state index contributed by atoms with van der Waals surface area (Å²) < 4.78 is 12.9. The van der Waals surface area contributed by atoms with Gasteiger partial charge in [0, 0.05) is 36.6 Å². The molecule has 6 rings (SSSR count). The van der Waals surface area contributed by atoms with E-state index in [-0.39, 0.29) is 22.1 Å². The van der Waals surface area contributed by atoms with Crippen LogP contribution in [0.2, 0.25) is 0 Å². The summed E-state index contributed by atoms with van der Waals surface area (Å²) in [6, 6.07) is 15.3. The number of carbonyl (C=O) groups excluding carboxylic acids is 1. The van der Waals surface area contributed by atoms with Gasteiger partial charge in [0.15, 0.2) is 0 Å². The number of piperidine rings is 1. The van der Waals surface area contributed by atoms with Crippen LogP contribution in [0, 0.1) is 6.92 Å². The zero-order valence-electron chi connectivity index (χ0n) is 24.9. The summed E-state index contributed by atoms with van der Waals surface area (Å²) in [7, 11) is 0. The highest BCUT2D eigenvalue weighted by molar-refractivity contribution is 7.16. The number of aromatic hydroxyl groups is 1. The standard InChI is InChI=1S/C33H39N3O6S2/c1-22-5-12-28(43-22)31(39)36-18-20-42-33(21-36)13-15-35(16-14-33)17-19-41-24-8-6-23(7-9-24)3-2-4-26(37)25-10-11-27(38)29-30(25)44-32(40)34-29/h5-12,26,37-38H,2-4,13-21H2,1H3,(H,34,40)/t26-/m0/s1. The van der Waals surface area contributed by atoms with E-state index in [2.05, 4.69) is 22.0 Å². The molecule has 1 amide bonds. The van der Waals surface area contributed by atoms with Crippen LogP contribution in [-0.4, -0.2) is 82.4 Å². The Balaban J connectivity index is 0.910. The summed E-state index contributed by atoms with van der Waals surface area (Å²) >= 11 is 2.57. The summed E-state index contributed by atoms with van der Waals surface area (Å²) in [4.78, 5) is 33.5. The number of rotatable bonds is 10. The van der Waals surface area contributed by atoms with E-state index in [1.54, 1.807) is 17.4 Å². The molecule has 0 radical (unpaired) electrons.